The molecule has 1 saturated carbocycles. The first-order valence-electron chi connectivity index (χ1n) is 6.73. The average Bonchev–Trinajstić information content (AvgIpc) is 2.30. The van der Waals surface area contributed by atoms with Crippen LogP contribution in [0.1, 0.15) is 45.4 Å². The van der Waals surface area contributed by atoms with E-state index in [0.717, 1.165) is 18.4 Å². The molecular formula is C13H24N2O. The number of likely N-dealkylation sites (tertiary alicyclic amines) is 1. The maximum absolute atomic E-state index is 12.0. The summed E-state index contributed by atoms with van der Waals surface area (Å²) in [5.41, 5.74) is 5.48. The van der Waals surface area contributed by atoms with E-state index in [0.29, 0.717) is 19.0 Å². The van der Waals surface area contributed by atoms with Crippen LogP contribution >= 0.6 is 0 Å². The van der Waals surface area contributed by atoms with Crippen LogP contribution in [0, 0.1) is 11.8 Å². The molecule has 0 radical (unpaired) electrons. The number of amides is 1. The van der Waals surface area contributed by atoms with Crippen LogP contribution in [0.2, 0.25) is 0 Å². The van der Waals surface area contributed by atoms with Crippen molar-refractivity contribution >= 4 is 5.91 Å². The molecule has 0 spiro atoms. The third-order valence-corrected chi connectivity index (χ3v) is 4.42. The molecule has 2 fully saturated rings. The fraction of sp³-hybridized carbons (Fsp3) is 0.923. The lowest BCUT2D eigenvalue weighted by Gasteiger charge is -2.47. The quantitative estimate of drug-likeness (QED) is 0.777. The summed E-state index contributed by atoms with van der Waals surface area (Å²) in [6, 6.07) is 0.525. The van der Waals surface area contributed by atoms with Gasteiger partial charge in [-0.15, -0.1) is 0 Å². The molecule has 1 heterocycles. The molecular weight excluding hydrogens is 200 g/mol. The summed E-state index contributed by atoms with van der Waals surface area (Å²) in [5, 5.41) is 0. The Bertz CT molecular complexity index is 254. The second-order valence-electron chi connectivity index (χ2n) is 5.41. The molecule has 3 atom stereocenters. The first-order chi connectivity index (χ1) is 7.74. The van der Waals surface area contributed by atoms with Crippen LogP contribution in [0.25, 0.3) is 0 Å². The summed E-state index contributed by atoms with van der Waals surface area (Å²) in [6.45, 7) is 3.80. The first kappa shape index (κ1) is 11.9. The predicted molar refractivity (Wildman–Crippen MR) is 64.9 cm³/mol. The van der Waals surface area contributed by atoms with E-state index in [1.54, 1.807) is 0 Å². The molecule has 1 aliphatic heterocycles. The van der Waals surface area contributed by atoms with E-state index in [2.05, 4.69) is 11.8 Å². The van der Waals surface area contributed by atoms with Gasteiger partial charge >= 0.3 is 0 Å². The molecule has 1 saturated heterocycles. The third kappa shape index (κ3) is 2.24. The molecule has 16 heavy (non-hydrogen) atoms. The molecule has 3 nitrogen and oxygen atoms in total. The SMILES string of the molecule is CC1CCN(C(=O)CCN)C2CCCCC12. The number of hydrogen-bond acceptors (Lipinski definition) is 2. The van der Waals surface area contributed by atoms with Crippen LogP contribution < -0.4 is 5.73 Å². The van der Waals surface area contributed by atoms with Crippen molar-refractivity contribution in [2.75, 3.05) is 13.1 Å². The minimum absolute atomic E-state index is 0.284. The molecule has 2 aliphatic rings. The second kappa shape index (κ2) is 5.17. The first-order valence-corrected chi connectivity index (χ1v) is 6.73. The number of carbonyl (C=O) groups is 1. The molecule has 3 unspecified atom stereocenters. The van der Waals surface area contributed by atoms with Gasteiger partial charge in [0.15, 0.2) is 0 Å². The van der Waals surface area contributed by atoms with Crippen molar-refractivity contribution in [3.8, 4) is 0 Å². The van der Waals surface area contributed by atoms with Gasteiger partial charge in [0.25, 0.3) is 0 Å². The normalized spacial score (nSPS) is 34.6. The monoisotopic (exact) mass is 224 g/mol. The summed E-state index contributed by atoms with van der Waals surface area (Å²) >= 11 is 0. The van der Waals surface area contributed by atoms with Gasteiger partial charge in [-0.05, 0) is 31.1 Å². The number of nitrogens with two attached hydrogens (primary N) is 1. The zero-order valence-electron chi connectivity index (χ0n) is 10.3. The van der Waals surface area contributed by atoms with Crippen molar-refractivity contribution in [3.63, 3.8) is 0 Å². The van der Waals surface area contributed by atoms with Gasteiger partial charge < -0.3 is 10.6 Å². The predicted octanol–water partition coefficient (Wildman–Crippen LogP) is 1.76. The topological polar surface area (TPSA) is 46.3 Å². The lowest BCUT2D eigenvalue weighted by atomic mass is 9.72. The van der Waals surface area contributed by atoms with Crippen molar-refractivity contribution in [2.24, 2.45) is 17.6 Å². The Morgan fingerprint density at radius 1 is 1.31 bits per heavy atom. The maximum Gasteiger partial charge on any atom is 0.224 e. The molecule has 92 valence electrons. The van der Waals surface area contributed by atoms with Crippen LogP contribution in [0.4, 0.5) is 0 Å². The largest absolute Gasteiger partial charge is 0.339 e. The Hall–Kier alpha value is -0.570. The van der Waals surface area contributed by atoms with Gasteiger partial charge in [0.1, 0.15) is 0 Å². The number of carbonyl (C=O) groups excluding carboxylic acids is 1. The van der Waals surface area contributed by atoms with Gasteiger partial charge in [0, 0.05) is 25.6 Å². The van der Waals surface area contributed by atoms with Gasteiger partial charge in [-0.3, -0.25) is 4.79 Å². The van der Waals surface area contributed by atoms with Crippen molar-refractivity contribution in [1.82, 2.24) is 4.90 Å². The van der Waals surface area contributed by atoms with E-state index in [9.17, 15) is 4.79 Å². The standard InChI is InChI=1S/C13H24N2O/c1-10-7-9-15(13(16)6-8-14)12-5-3-2-4-11(10)12/h10-12H,2-9,14H2,1H3. The van der Waals surface area contributed by atoms with Gasteiger partial charge in [0.2, 0.25) is 5.91 Å². The zero-order chi connectivity index (χ0) is 11.5. The van der Waals surface area contributed by atoms with E-state index < -0.39 is 0 Å². The van der Waals surface area contributed by atoms with Crippen molar-refractivity contribution in [2.45, 2.75) is 51.5 Å². The van der Waals surface area contributed by atoms with Crippen LogP contribution in [0.15, 0.2) is 0 Å². The Morgan fingerprint density at radius 3 is 2.81 bits per heavy atom. The number of fused-ring (bicyclic) bond motifs is 1. The van der Waals surface area contributed by atoms with E-state index in [1.165, 1.54) is 32.1 Å². The Labute approximate surface area is 98.4 Å². The van der Waals surface area contributed by atoms with Crippen molar-refractivity contribution in [3.05, 3.63) is 0 Å². The summed E-state index contributed by atoms with van der Waals surface area (Å²) in [4.78, 5) is 14.1. The minimum Gasteiger partial charge on any atom is -0.339 e. The molecule has 1 amide bonds. The van der Waals surface area contributed by atoms with Crippen LogP contribution in [-0.2, 0) is 4.79 Å². The Balaban J connectivity index is 2.05. The molecule has 0 aromatic carbocycles. The lowest BCUT2D eigenvalue weighted by molar-refractivity contribution is -0.138. The number of nitrogens with zero attached hydrogens (tertiary/aromatic N) is 1. The van der Waals surface area contributed by atoms with E-state index >= 15 is 0 Å². The second-order valence-corrected chi connectivity index (χ2v) is 5.41. The van der Waals surface area contributed by atoms with Crippen LogP contribution in [0.5, 0.6) is 0 Å². The van der Waals surface area contributed by atoms with Crippen molar-refractivity contribution in [1.29, 1.82) is 0 Å². The summed E-state index contributed by atoms with van der Waals surface area (Å²) < 4.78 is 0. The lowest BCUT2D eigenvalue weighted by Crippen LogP contribution is -2.52. The fourth-order valence-electron chi connectivity index (χ4n) is 3.49. The molecule has 3 heteroatoms. The Kier molecular flexibility index (Phi) is 3.85. The minimum atomic E-state index is 0.284. The highest BCUT2D eigenvalue weighted by atomic mass is 16.2. The highest BCUT2D eigenvalue weighted by Crippen LogP contribution is 2.38. The number of piperidine rings is 1. The van der Waals surface area contributed by atoms with Gasteiger partial charge in [-0.25, -0.2) is 0 Å². The Morgan fingerprint density at radius 2 is 2.06 bits per heavy atom. The number of hydrogen-bond donors (Lipinski definition) is 1. The zero-order valence-corrected chi connectivity index (χ0v) is 10.3. The molecule has 0 bridgehead atoms. The van der Waals surface area contributed by atoms with E-state index in [-0.39, 0.29) is 5.91 Å². The third-order valence-electron chi connectivity index (χ3n) is 4.42. The molecule has 2 N–H and O–H groups in total. The molecule has 0 aromatic rings. The summed E-state index contributed by atoms with van der Waals surface area (Å²) in [7, 11) is 0. The average molecular weight is 224 g/mol. The molecule has 1 aliphatic carbocycles. The number of rotatable bonds is 2. The van der Waals surface area contributed by atoms with E-state index in [4.69, 9.17) is 5.73 Å². The van der Waals surface area contributed by atoms with Gasteiger partial charge in [-0.2, -0.15) is 0 Å². The highest BCUT2D eigenvalue weighted by molar-refractivity contribution is 5.76. The summed E-state index contributed by atoms with van der Waals surface area (Å²) in [6.07, 6.45) is 6.88. The fourth-order valence-corrected chi connectivity index (χ4v) is 3.49. The summed E-state index contributed by atoms with van der Waals surface area (Å²) in [5.74, 6) is 1.84. The van der Waals surface area contributed by atoms with Gasteiger partial charge in [-0.1, -0.05) is 19.8 Å². The van der Waals surface area contributed by atoms with Gasteiger partial charge in [0.05, 0.1) is 0 Å². The maximum atomic E-state index is 12.0. The molecule has 0 aromatic heterocycles. The molecule has 2 rings (SSSR count). The highest BCUT2D eigenvalue weighted by Gasteiger charge is 2.38. The van der Waals surface area contributed by atoms with Crippen molar-refractivity contribution < 1.29 is 4.79 Å². The van der Waals surface area contributed by atoms with Crippen LogP contribution in [0.3, 0.4) is 0 Å². The van der Waals surface area contributed by atoms with Crippen LogP contribution in [-0.4, -0.2) is 29.9 Å². The van der Waals surface area contributed by atoms with E-state index in [1.807, 2.05) is 0 Å². The smallest absolute Gasteiger partial charge is 0.224 e.